The molecule has 1 unspecified atom stereocenters. The van der Waals surface area contributed by atoms with Gasteiger partial charge in [0, 0.05) is 0 Å². The van der Waals surface area contributed by atoms with E-state index in [0.29, 0.717) is 5.25 Å². The van der Waals surface area contributed by atoms with E-state index in [1.54, 1.807) is 0 Å². The van der Waals surface area contributed by atoms with Gasteiger partial charge in [0.15, 0.2) is 0 Å². The summed E-state index contributed by atoms with van der Waals surface area (Å²) in [6.45, 7) is 4.61. The molecule has 26 heavy (non-hydrogen) atoms. The summed E-state index contributed by atoms with van der Waals surface area (Å²) in [4.78, 5) is 0. The molecule has 0 spiro atoms. The molecule has 0 heterocycles. The SMILES string of the molecule is CCSC(C)CP(Br)(c1ccccc1)(c1ccccc1)c1ccccc1. The molecule has 1 atom stereocenters. The van der Waals surface area contributed by atoms with Gasteiger partial charge in [0.25, 0.3) is 0 Å². The van der Waals surface area contributed by atoms with Crippen LogP contribution in [0.4, 0.5) is 0 Å². The van der Waals surface area contributed by atoms with Gasteiger partial charge < -0.3 is 0 Å². The van der Waals surface area contributed by atoms with E-state index < -0.39 is 5.31 Å². The van der Waals surface area contributed by atoms with Crippen molar-refractivity contribution in [3.05, 3.63) is 91.0 Å². The summed E-state index contributed by atoms with van der Waals surface area (Å²) in [5.41, 5.74) is 0. The van der Waals surface area contributed by atoms with Crippen molar-refractivity contribution in [3.63, 3.8) is 0 Å². The first-order chi connectivity index (χ1) is 12.6. The number of hydrogen-bond donors (Lipinski definition) is 0. The van der Waals surface area contributed by atoms with Crippen molar-refractivity contribution in [2.75, 3.05) is 11.9 Å². The number of hydrogen-bond acceptors (Lipinski definition) is 1. The maximum atomic E-state index is 4.51. The molecule has 136 valence electrons. The third kappa shape index (κ3) is 3.52. The van der Waals surface area contributed by atoms with Crippen LogP contribution in [-0.4, -0.2) is 17.2 Å². The number of thioether (sulfide) groups is 1. The second kappa shape index (κ2) is 8.30. The Balaban J connectivity index is 2.35. The average Bonchev–Trinajstić information content (AvgIpc) is 2.70. The third-order valence-corrected chi connectivity index (χ3v) is 16.2. The summed E-state index contributed by atoms with van der Waals surface area (Å²) >= 11 is 6.55. The predicted octanol–water partition coefficient (Wildman–Crippen LogP) is 5.97. The Morgan fingerprint density at radius 3 is 1.38 bits per heavy atom. The molecule has 0 fully saturated rings. The fraction of sp³-hybridized carbons (Fsp3) is 0.217. The summed E-state index contributed by atoms with van der Waals surface area (Å²) in [5.74, 6) is 1.14. The molecule has 0 amide bonds. The molecule has 0 aliphatic rings. The molecule has 0 N–H and O–H groups in total. The van der Waals surface area contributed by atoms with Gasteiger partial charge in [-0.05, 0) is 0 Å². The van der Waals surface area contributed by atoms with Crippen molar-refractivity contribution >= 4 is 48.5 Å². The molecule has 3 heteroatoms. The van der Waals surface area contributed by atoms with Gasteiger partial charge >= 0.3 is 170 Å². The first kappa shape index (κ1) is 19.7. The average molecular weight is 445 g/mol. The van der Waals surface area contributed by atoms with Crippen LogP contribution in [0, 0.1) is 0 Å². The van der Waals surface area contributed by atoms with Gasteiger partial charge in [0.1, 0.15) is 0 Å². The van der Waals surface area contributed by atoms with E-state index in [1.165, 1.54) is 15.9 Å². The Hall–Kier alpha value is -1.08. The van der Waals surface area contributed by atoms with E-state index in [9.17, 15) is 0 Å². The Labute approximate surface area is 170 Å². The van der Waals surface area contributed by atoms with Crippen LogP contribution >= 0.6 is 32.6 Å². The van der Waals surface area contributed by atoms with E-state index in [1.807, 2.05) is 11.8 Å². The van der Waals surface area contributed by atoms with Crippen LogP contribution in [0.2, 0.25) is 0 Å². The van der Waals surface area contributed by atoms with Crippen molar-refractivity contribution in [3.8, 4) is 0 Å². The van der Waals surface area contributed by atoms with Gasteiger partial charge in [-0.1, -0.05) is 0 Å². The van der Waals surface area contributed by atoms with E-state index in [0.717, 1.165) is 11.9 Å². The van der Waals surface area contributed by atoms with Gasteiger partial charge in [-0.15, -0.1) is 0 Å². The summed E-state index contributed by atoms with van der Waals surface area (Å²) in [6, 6.07) is 33.1. The molecule has 3 rings (SSSR count). The summed E-state index contributed by atoms with van der Waals surface area (Å²) in [5, 5.41) is 2.02. The van der Waals surface area contributed by atoms with Crippen molar-refractivity contribution < 1.29 is 0 Å². The van der Waals surface area contributed by atoms with E-state index >= 15 is 0 Å². The third-order valence-electron chi connectivity index (χ3n) is 4.93. The Kier molecular flexibility index (Phi) is 6.28. The normalized spacial score (nSPS) is 14.3. The van der Waals surface area contributed by atoms with Gasteiger partial charge in [-0.2, -0.15) is 0 Å². The molecule has 0 saturated heterocycles. The molecule has 3 aromatic carbocycles. The second-order valence-electron chi connectivity index (χ2n) is 6.64. The topological polar surface area (TPSA) is 0 Å². The van der Waals surface area contributed by atoms with E-state index in [4.69, 9.17) is 0 Å². The van der Waals surface area contributed by atoms with Crippen molar-refractivity contribution in [1.29, 1.82) is 0 Å². The van der Waals surface area contributed by atoms with Gasteiger partial charge in [0.05, 0.1) is 0 Å². The summed E-state index contributed by atoms with van der Waals surface area (Å²) in [7, 11) is 0. The quantitative estimate of drug-likeness (QED) is 0.404. The Morgan fingerprint density at radius 1 is 0.731 bits per heavy atom. The predicted molar refractivity (Wildman–Crippen MR) is 127 cm³/mol. The monoisotopic (exact) mass is 444 g/mol. The molecule has 0 bridgehead atoms. The fourth-order valence-electron chi connectivity index (χ4n) is 3.80. The minimum absolute atomic E-state index is 0.553. The number of halogens is 1. The van der Waals surface area contributed by atoms with E-state index in [-0.39, 0.29) is 0 Å². The summed E-state index contributed by atoms with van der Waals surface area (Å²) < 4.78 is 0. The molecule has 0 saturated carbocycles. The Morgan fingerprint density at radius 2 is 1.08 bits per heavy atom. The van der Waals surface area contributed by atoms with Gasteiger partial charge in [-0.3, -0.25) is 0 Å². The van der Waals surface area contributed by atoms with Gasteiger partial charge in [-0.25, -0.2) is 0 Å². The van der Waals surface area contributed by atoms with Crippen LogP contribution in [0.1, 0.15) is 13.8 Å². The fourth-order valence-corrected chi connectivity index (χ4v) is 14.6. The van der Waals surface area contributed by atoms with E-state index in [2.05, 4.69) is 120 Å². The molecular formula is C23H26BrPS. The molecule has 0 aliphatic heterocycles. The number of benzene rings is 3. The van der Waals surface area contributed by atoms with Crippen LogP contribution in [0.5, 0.6) is 0 Å². The maximum absolute atomic E-state index is 4.51. The van der Waals surface area contributed by atoms with Crippen molar-refractivity contribution in [2.45, 2.75) is 19.1 Å². The first-order valence-electron chi connectivity index (χ1n) is 9.11. The molecular weight excluding hydrogens is 419 g/mol. The minimum atomic E-state index is -2.74. The molecule has 0 nitrogen and oxygen atoms in total. The van der Waals surface area contributed by atoms with Crippen LogP contribution in [-0.2, 0) is 0 Å². The Bertz CT molecular complexity index is 721. The van der Waals surface area contributed by atoms with Crippen molar-refractivity contribution in [2.24, 2.45) is 0 Å². The molecule has 0 aromatic heterocycles. The second-order valence-corrected chi connectivity index (χ2v) is 17.3. The zero-order valence-corrected chi connectivity index (χ0v) is 18.7. The molecule has 0 radical (unpaired) electrons. The van der Waals surface area contributed by atoms with Crippen LogP contribution in [0.15, 0.2) is 91.0 Å². The van der Waals surface area contributed by atoms with Crippen LogP contribution < -0.4 is 15.9 Å². The van der Waals surface area contributed by atoms with Crippen LogP contribution in [0.3, 0.4) is 0 Å². The zero-order chi connectivity index (χ0) is 18.5. The van der Waals surface area contributed by atoms with Crippen LogP contribution in [0.25, 0.3) is 0 Å². The number of rotatable bonds is 7. The molecule has 3 aromatic rings. The zero-order valence-electron chi connectivity index (χ0n) is 15.4. The summed E-state index contributed by atoms with van der Waals surface area (Å²) in [6.07, 6.45) is 1.10. The van der Waals surface area contributed by atoms with Gasteiger partial charge in [0.2, 0.25) is 0 Å². The first-order valence-corrected chi connectivity index (χ1v) is 14.6. The standard InChI is InChI=1S/C23H26BrPS/c1-3-26-20(2)19-25(24,21-13-7-4-8-14-21,22-15-9-5-10-16-22)23-17-11-6-12-18-23/h4-18,20H,3,19H2,1-2H3. The molecule has 0 aliphatic carbocycles. The van der Waals surface area contributed by atoms with Crippen molar-refractivity contribution in [1.82, 2.24) is 0 Å².